The van der Waals surface area contributed by atoms with Crippen LogP contribution in [0.25, 0.3) is 27.9 Å². The summed E-state index contributed by atoms with van der Waals surface area (Å²) in [6.45, 7) is 5.67. The van der Waals surface area contributed by atoms with Crippen molar-refractivity contribution in [3.05, 3.63) is 86.7 Å². The number of aromatic nitrogens is 3. The molecule has 0 bridgehead atoms. The number of carboxylic acids is 1. The molecule has 0 aliphatic carbocycles. The summed E-state index contributed by atoms with van der Waals surface area (Å²) in [4.78, 5) is 38.1. The number of hydrogen-bond acceptors (Lipinski definition) is 3. The van der Waals surface area contributed by atoms with Crippen molar-refractivity contribution in [2.24, 2.45) is 12.5 Å². The summed E-state index contributed by atoms with van der Waals surface area (Å²) >= 11 is 0. The van der Waals surface area contributed by atoms with E-state index in [2.05, 4.69) is 0 Å². The third-order valence-corrected chi connectivity index (χ3v) is 5.65. The van der Waals surface area contributed by atoms with Crippen LogP contribution < -0.4 is 11.2 Å². The zero-order valence-corrected chi connectivity index (χ0v) is 19.2. The first-order chi connectivity index (χ1) is 15.6. The molecule has 7 nitrogen and oxygen atoms in total. The molecule has 2 aromatic carbocycles. The van der Waals surface area contributed by atoms with E-state index in [4.69, 9.17) is 0 Å². The Hall–Kier alpha value is -3.87. The quantitative estimate of drug-likeness (QED) is 0.506. The van der Waals surface area contributed by atoms with Crippen LogP contribution in [-0.2, 0) is 24.9 Å². The van der Waals surface area contributed by atoms with Crippen LogP contribution in [0.2, 0.25) is 0 Å². The Morgan fingerprint density at radius 1 is 1.00 bits per heavy atom. The van der Waals surface area contributed by atoms with Gasteiger partial charge in [0.15, 0.2) is 0 Å². The van der Waals surface area contributed by atoms with Crippen LogP contribution in [0.5, 0.6) is 0 Å². The third kappa shape index (κ3) is 4.26. The number of carboxylic acid groups (broad SMARTS) is 1. The van der Waals surface area contributed by atoms with E-state index in [0.717, 1.165) is 21.0 Å². The van der Waals surface area contributed by atoms with E-state index in [9.17, 15) is 19.5 Å². The number of hydrogen-bond donors (Lipinski definition) is 1. The molecule has 0 saturated carbocycles. The maximum absolute atomic E-state index is 13.4. The second-order valence-electron chi connectivity index (χ2n) is 9.38. The molecule has 0 spiro atoms. The number of aliphatic carboxylic acids is 1. The number of aryl methyl sites for hydroxylation is 1. The zero-order chi connectivity index (χ0) is 23.9. The van der Waals surface area contributed by atoms with E-state index in [0.29, 0.717) is 16.5 Å². The van der Waals surface area contributed by atoms with Gasteiger partial charge >= 0.3 is 11.7 Å². The molecule has 2 aromatic heterocycles. The molecule has 4 aromatic rings. The van der Waals surface area contributed by atoms with Crippen molar-refractivity contribution in [2.75, 3.05) is 0 Å². The fourth-order valence-corrected chi connectivity index (χ4v) is 4.11. The average Bonchev–Trinajstić information content (AvgIpc) is 3.07. The zero-order valence-electron chi connectivity index (χ0n) is 19.2. The largest absolute Gasteiger partial charge is 0.480 e. The van der Waals surface area contributed by atoms with Gasteiger partial charge in [-0.2, -0.15) is 0 Å². The van der Waals surface area contributed by atoms with Gasteiger partial charge in [-0.15, -0.1) is 0 Å². The third-order valence-electron chi connectivity index (χ3n) is 5.65. The Morgan fingerprint density at radius 3 is 2.39 bits per heavy atom. The van der Waals surface area contributed by atoms with Crippen LogP contribution in [0.1, 0.15) is 31.9 Å². The minimum atomic E-state index is -1.24. The predicted molar refractivity (Wildman–Crippen MR) is 131 cm³/mol. The van der Waals surface area contributed by atoms with E-state index >= 15 is 0 Å². The maximum Gasteiger partial charge on any atom is 0.332 e. The number of benzene rings is 2. The van der Waals surface area contributed by atoms with Crippen LogP contribution >= 0.6 is 0 Å². The van der Waals surface area contributed by atoms with Gasteiger partial charge in [-0.1, -0.05) is 63.3 Å². The summed E-state index contributed by atoms with van der Waals surface area (Å²) in [6, 6.07) is 13.2. The minimum Gasteiger partial charge on any atom is -0.480 e. The molecule has 33 heavy (non-hydrogen) atoms. The topological polar surface area (TPSA) is 86.2 Å². The molecule has 0 fully saturated rings. The van der Waals surface area contributed by atoms with Crippen molar-refractivity contribution < 1.29 is 9.90 Å². The Balaban J connectivity index is 2.02. The summed E-state index contributed by atoms with van der Waals surface area (Å²) in [6.07, 6.45) is 5.81. The van der Waals surface area contributed by atoms with E-state index in [-0.39, 0.29) is 12.0 Å². The number of fused-ring (bicyclic) bond motifs is 2. The summed E-state index contributed by atoms with van der Waals surface area (Å²) in [5, 5.41) is 10.7. The molecular weight excluding hydrogens is 418 g/mol. The number of carbonyl (C=O) groups is 1. The predicted octanol–water partition coefficient (Wildman–Crippen LogP) is 3.85. The van der Waals surface area contributed by atoms with Crippen molar-refractivity contribution >= 4 is 33.9 Å². The molecule has 0 aliphatic heterocycles. The highest BCUT2D eigenvalue weighted by molar-refractivity contribution is 5.88. The summed E-state index contributed by atoms with van der Waals surface area (Å²) in [5.41, 5.74) is 1.72. The van der Waals surface area contributed by atoms with Gasteiger partial charge in [0.2, 0.25) is 0 Å². The van der Waals surface area contributed by atoms with Gasteiger partial charge < -0.3 is 9.67 Å². The highest BCUT2D eigenvalue weighted by Gasteiger charge is 2.19. The first kappa shape index (κ1) is 22.3. The SMILES string of the molecule is Cn1cc(Cn2c(=O)n(CC(=O)O)c(=O)c3c(C=CC(C)(C)C)cccc32)c2ccccc21. The van der Waals surface area contributed by atoms with E-state index < -0.39 is 23.8 Å². The molecule has 0 aliphatic rings. The molecule has 7 heteroatoms. The van der Waals surface area contributed by atoms with Crippen molar-refractivity contribution in [1.29, 1.82) is 0 Å². The van der Waals surface area contributed by atoms with Crippen LogP contribution in [0.15, 0.2) is 64.3 Å². The molecule has 0 unspecified atom stereocenters. The lowest BCUT2D eigenvalue weighted by Crippen LogP contribution is -2.42. The Kier molecular flexibility index (Phi) is 5.57. The Bertz CT molecular complexity index is 1530. The molecule has 0 amide bonds. The number of para-hydroxylation sites is 1. The van der Waals surface area contributed by atoms with Gasteiger partial charge in [-0.25, -0.2) is 9.36 Å². The molecule has 170 valence electrons. The van der Waals surface area contributed by atoms with Crippen molar-refractivity contribution in [3.8, 4) is 0 Å². The van der Waals surface area contributed by atoms with Crippen LogP contribution in [-0.4, -0.2) is 24.8 Å². The van der Waals surface area contributed by atoms with E-state index in [1.54, 1.807) is 6.07 Å². The first-order valence-corrected chi connectivity index (χ1v) is 10.8. The molecule has 0 saturated heterocycles. The van der Waals surface area contributed by atoms with Gasteiger partial charge in [-0.3, -0.25) is 14.2 Å². The van der Waals surface area contributed by atoms with Crippen molar-refractivity contribution in [3.63, 3.8) is 0 Å². The second kappa shape index (κ2) is 8.24. The van der Waals surface area contributed by atoms with E-state index in [1.165, 1.54) is 4.57 Å². The highest BCUT2D eigenvalue weighted by atomic mass is 16.4. The van der Waals surface area contributed by atoms with Gasteiger partial charge in [0.25, 0.3) is 5.56 Å². The lowest BCUT2D eigenvalue weighted by Gasteiger charge is -2.15. The number of nitrogens with zero attached hydrogens (tertiary/aromatic N) is 3. The smallest absolute Gasteiger partial charge is 0.332 e. The Labute approximate surface area is 190 Å². The van der Waals surface area contributed by atoms with Crippen LogP contribution in [0, 0.1) is 5.41 Å². The monoisotopic (exact) mass is 445 g/mol. The number of allylic oxidation sites excluding steroid dienone is 1. The van der Waals surface area contributed by atoms with Crippen molar-refractivity contribution in [2.45, 2.75) is 33.9 Å². The van der Waals surface area contributed by atoms with Gasteiger partial charge in [0.1, 0.15) is 6.54 Å². The summed E-state index contributed by atoms with van der Waals surface area (Å²) in [7, 11) is 1.94. The molecular formula is C26H27N3O4. The fraction of sp³-hybridized carbons (Fsp3) is 0.269. The van der Waals surface area contributed by atoms with Gasteiger partial charge in [0, 0.05) is 24.1 Å². The van der Waals surface area contributed by atoms with Crippen LogP contribution in [0.3, 0.4) is 0 Å². The second-order valence-corrected chi connectivity index (χ2v) is 9.38. The normalized spacial score (nSPS) is 12.2. The molecule has 1 N–H and O–H groups in total. The van der Waals surface area contributed by atoms with Gasteiger partial charge in [0.05, 0.1) is 17.4 Å². The Morgan fingerprint density at radius 2 is 1.70 bits per heavy atom. The lowest BCUT2D eigenvalue weighted by molar-refractivity contribution is -0.137. The van der Waals surface area contributed by atoms with E-state index in [1.807, 2.05) is 87.1 Å². The minimum absolute atomic E-state index is 0.111. The lowest BCUT2D eigenvalue weighted by atomic mass is 9.95. The summed E-state index contributed by atoms with van der Waals surface area (Å²) < 4.78 is 4.29. The standard InChI is InChI=1S/C26H27N3O4/c1-26(2,3)13-12-17-8-7-11-21-23(17)24(32)29(16-22(30)31)25(33)28(21)15-18-14-27(4)20-10-6-5-9-19(18)20/h5-14H,15-16H2,1-4H3,(H,30,31). The fourth-order valence-electron chi connectivity index (χ4n) is 4.11. The average molecular weight is 446 g/mol. The molecule has 0 atom stereocenters. The summed E-state index contributed by atoms with van der Waals surface area (Å²) in [5.74, 6) is -1.24. The molecule has 2 heterocycles. The highest BCUT2D eigenvalue weighted by Crippen LogP contribution is 2.24. The maximum atomic E-state index is 13.4. The number of rotatable bonds is 5. The molecule has 4 rings (SSSR count). The molecule has 0 radical (unpaired) electrons. The van der Waals surface area contributed by atoms with Crippen LogP contribution in [0.4, 0.5) is 0 Å². The van der Waals surface area contributed by atoms with Gasteiger partial charge in [-0.05, 0) is 28.7 Å². The van der Waals surface area contributed by atoms with Crippen molar-refractivity contribution in [1.82, 2.24) is 13.7 Å². The first-order valence-electron chi connectivity index (χ1n) is 10.8.